The van der Waals surface area contributed by atoms with Gasteiger partial charge in [0.25, 0.3) is 5.91 Å². The van der Waals surface area contributed by atoms with Crippen LogP contribution < -0.4 is 5.32 Å². The molecule has 38 heavy (non-hydrogen) atoms. The number of amidine groups is 1. The number of carbonyl (C=O) groups excluding carboxylic acids is 1. The summed E-state index contributed by atoms with van der Waals surface area (Å²) in [5.74, 6) is 1.96. The summed E-state index contributed by atoms with van der Waals surface area (Å²) in [5, 5.41) is 7.84. The van der Waals surface area contributed by atoms with E-state index in [1.807, 2.05) is 36.1 Å². The zero-order valence-electron chi connectivity index (χ0n) is 22.0. The second-order valence-corrected chi connectivity index (χ2v) is 10.3. The Bertz CT molecular complexity index is 1320. The molecule has 1 unspecified atom stereocenters. The molecule has 0 radical (unpaired) electrons. The number of rotatable bonds is 6. The number of aromatic nitrogens is 2. The van der Waals surface area contributed by atoms with E-state index in [1.54, 1.807) is 13.0 Å². The molecule has 2 fully saturated rings. The smallest absolute Gasteiger partial charge is 0.260 e. The fourth-order valence-corrected chi connectivity index (χ4v) is 5.44. The van der Waals surface area contributed by atoms with E-state index in [4.69, 9.17) is 25.9 Å². The van der Waals surface area contributed by atoms with E-state index >= 15 is 0 Å². The average Bonchev–Trinajstić information content (AvgIpc) is 3.53. The normalized spacial score (nSPS) is 23.4. The average molecular weight is 537 g/mol. The van der Waals surface area contributed by atoms with Crippen molar-refractivity contribution in [3.63, 3.8) is 0 Å². The Kier molecular flexibility index (Phi) is 7.78. The summed E-state index contributed by atoms with van der Waals surface area (Å²) in [6.07, 6.45) is 6.51. The van der Waals surface area contributed by atoms with Crippen molar-refractivity contribution < 1.29 is 14.1 Å². The highest BCUT2D eigenvalue weighted by Crippen LogP contribution is 2.35. The van der Waals surface area contributed by atoms with Crippen molar-refractivity contribution in [2.45, 2.75) is 45.2 Å². The molecule has 2 aromatic rings. The maximum Gasteiger partial charge on any atom is 0.260 e. The SMILES string of the molecule is C=C(/N=C1\C(=C/C)C=C(c2ccc(-c3noc(C)n3)cc2Cl)C(=O)N1C1CCN(C)C1)NC1CCOCC1. The number of benzene rings is 1. The van der Waals surface area contributed by atoms with Gasteiger partial charge in [-0.1, -0.05) is 41.5 Å². The molecule has 2 saturated heterocycles. The largest absolute Gasteiger partial charge is 0.381 e. The molecular formula is C28H33ClN6O3. The van der Waals surface area contributed by atoms with E-state index in [2.05, 4.69) is 34.0 Å². The highest BCUT2D eigenvalue weighted by Gasteiger charge is 2.38. The van der Waals surface area contributed by atoms with Gasteiger partial charge in [-0.2, -0.15) is 4.98 Å². The van der Waals surface area contributed by atoms with Crippen LogP contribution in [0.1, 0.15) is 37.6 Å². The van der Waals surface area contributed by atoms with Crippen LogP contribution in [0.4, 0.5) is 0 Å². The quantitative estimate of drug-likeness (QED) is 0.590. The molecule has 9 nitrogen and oxygen atoms in total. The first-order chi connectivity index (χ1) is 18.3. The topological polar surface area (TPSA) is 96.1 Å². The van der Waals surface area contributed by atoms with E-state index in [-0.39, 0.29) is 18.0 Å². The van der Waals surface area contributed by atoms with Crippen molar-refractivity contribution >= 4 is 28.9 Å². The molecule has 1 atom stereocenters. The van der Waals surface area contributed by atoms with Crippen molar-refractivity contribution in [2.24, 2.45) is 4.99 Å². The minimum Gasteiger partial charge on any atom is -0.381 e. The van der Waals surface area contributed by atoms with Gasteiger partial charge in [0, 0.05) is 60.0 Å². The molecule has 0 bridgehead atoms. The predicted molar refractivity (Wildman–Crippen MR) is 148 cm³/mol. The Labute approximate surface area is 227 Å². The summed E-state index contributed by atoms with van der Waals surface area (Å²) in [6, 6.07) is 5.70. The third-order valence-corrected chi connectivity index (χ3v) is 7.47. The molecule has 1 aromatic carbocycles. The number of hydrogen-bond acceptors (Lipinski definition) is 8. The van der Waals surface area contributed by atoms with Crippen LogP contribution in [0.2, 0.25) is 5.02 Å². The molecule has 1 amide bonds. The number of allylic oxidation sites excluding steroid dienone is 1. The molecule has 0 saturated carbocycles. The minimum atomic E-state index is -0.126. The van der Waals surface area contributed by atoms with E-state index < -0.39 is 0 Å². The maximum absolute atomic E-state index is 14.1. The van der Waals surface area contributed by atoms with Crippen molar-refractivity contribution in [1.82, 2.24) is 25.3 Å². The number of hydrogen-bond donors (Lipinski definition) is 1. The summed E-state index contributed by atoms with van der Waals surface area (Å²) in [5.41, 5.74) is 2.74. The van der Waals surface area contributed by atoms with Gasteiger partial charge in [-0.3, -0.25) is 9.69 Å². The fourth-order valence-electron chi connectivity index (χ4n) is 5.16. The Morgan fingerprint density at radius 1 is 1.29 bits per heavy atom. The molecule has 4 heterocycles. The van der Waals surface area contributed by atoms with Crippen LogP contribution >= 0.6 is 11.6 Å². The molecule has 1 aromatic heterocycles. The highest BCUT2D eigenvalue weighted by atomic mass is 35.5. The standard InChI is InChI=1S/C28H33ClN6O3/c1-5-19-14-24(23-7-6-20(15-25(23)29)26-32-18(3)38-33-26)28(36)35(22-8-11-34(4)16-22)27(19)31-17(2)30-21-9-12-37-13-10-21/h5-7,14-15,21-22,30H,2,8-13,16H2,1,3-4H3/b19-5-,31-27+. The summed E-state index contributed by atoms with van der Waals surface area (Å²) in [7, 11) is 2.07. The summed E-state index contributed by atoms with van der Waals surface area (Å²) < 4.78 is 10.6. The third kappa shape index (κ3) is 5.45. The predicted octanol–water partition coefficient (Wildman–Crippen LogP) is 4.21. The number of carbonyl (C=O) groups is 1. The van der Waals surface area contributed by atoms with Gasteiger partial charge < -0.3 is 19.5 Å². The summed E-state index contributed by atoms with van der Waals surface area (Å²) >= 11 is 6.75. The second-order valence-electron chi connectivity index (χ2n) is 9.93. The lowest BCUT2D eigenvalue weighted by Crippen LogP contribution is -2.49. The molecule has 5 rings (SSSR count). The van der Waals surface area contributed by atoms with Gasteiger partial charge >= 0.3 is 0 Å². The number of nitrogens with one attached hydrogen (secondary N) is 1. The minimum absolute atomic E-state index is 0.0128. The highest BCUT2D eigenvalue weighted by molar-refractivity contribution is 6.37. The molecule has 1 N–H and O–H groups in total. The first-order valence-electron chi connectivity index (χ1n) is 13.0. The Morgan fingerprint density at radius 3 is 2.71 bits per heavy atom. The van der Waals surface area contributed by atoms with Crippen LogP contribution in [-0.2, 0) is 9.53 Å². The van der Waals surface area contributed by atoms with Crippen LogP contribution in [-0.4, -0.2) is 77.1 Å². The molecule has 3 aliphatic rings. The van der Waals surface area contributed by atoms with Crippen molar-refractivity contribution in [2.75, 3.05) is 33.4 Å². The lowest BCUT2D eigenvalue weighted by Gasteiger charge is -2.35. The van der Waals surface area contributed by atoms with Gasteiger partial charge in [0.15, 0.2) is 0 Å². The molecule has 10 heteroatoms. The van der Waals surface area contributed by atoms with Crippen LogP contribution in [0.15, 0.2) is 57.8 Å². The zero-order valence-corrected chi connectivity index (χ0v) is 22.8. The van der Waals surface area contributed by atoms with Crippen LogP contribution in [0, 0.1) is 6.92 Å². The van der Waals surface area contributed by atoms with Gasteiger partial charge in [0.2, 0.25) is 11.7 Å². The first kappa shape index (κ1) is 26.3. The summed E-state index contributed by atoms with van der Waals surface area (Å²) in [6.45, 7) is 11.0. The number of amides is 1. The van der Waals surface area contributed by atoms with Gasteiger partial charge in [-0.25, -0.2) is 4.99 Å². The third-order valence-electron chi connectivity index (χ3n) is 7.16. The molecule has 0 spiro atoms. The fraction of sp³-hybridized carbons (Fsp3) is 0.429. The molecule has 200 valence electrons. The Hall–Kier alpha value is -3.27. The number of ether oxygens (including phenoxy) is 1. The van der Waals surface area contributed by atoms with E-state index in [9.17, 15) is 4.79 Å². The Morgan fingerprint density at radius 2 is 2.08 bits per heavy atom. The van der Waals surface area contributed by atoms with Crippen LogP contribution in [0.25, 0.3) is 17.0 Å². The second kappa shape index (κ2) is 11.2. The monoisotopic (exact) mass is 536 g/mol. The summed E-state index contributed by atoms with van der Waals surface area (Å²) in [4.78, 5) is 27.4. The van der Waals surface area contributed by atoms with Gasteiger partial charge in [-0.15, -0.1) is 0 Å². The molecule has 0 aliphatic carbocycles. The lowest BCUT2D eigenvalue weighted by atomic mass is 9.94. The van der Waals surface area contributed by atoms with E-state index in [0.29, 0.717) is 39.5 Å². The van der Waals surface area contributed by atoms with Crippen LogP contribution in [0.3, 0.4) is 0 Å². The van der Waals surface area contributed by atoms with Crippen LogP contribution in [0.5, 0.6) is 0 Å². The number of likely N-dealkylation sites (N-methyl/N-ethyl adjacent to an activating group) is 1. The number of aliphatic imine (C=N–C) groups is 1. The van der Waals surface area contributed by atoms with Crippen molar-refractivity contribution in [3.05, 3.63) is 64.8 Å². The van der Waals surface area contributed by atoms with Gasteiger partial charge in [0.1, 0.15) is 11.7 Å². The molecule has 3 aliphatic heterocycles. The number of aryl methyl sites for hydroxylation is 1. The number of likely N-dealkylation sites (tertiary alicyclic amines) is 1. The molecular weight excluding hydrogens is 504 g/mol. The zero-order chi connectivity index (χ0) is 26.8. The van der Waals surface area contributed by atoms with E-state index in [0.717, 1.165) is 56.7 Å². The maximum atomic E-state index is 14.1. The first-order valence-corrected chi connectivity index (χ1v) is 13.3. The van der Waals surface area contributed by atoms with Crippen molar-refractivity contribution in [1.29, 1.82) is 0 Å². The Balaban J connectivity index is 1.51. The van der Waals surface area contributed by atoms with Gasteiger partial charge in [0.05, 0.1) is 6.04 Å². The van der Waals surface area contributed by atoms with Gasteiger partial charge in [-0.05, 0) is 51.9 Å². The van der Waals surface area contributed by atoms with E-state index in [1.165, 1.54) is 0 Å². The number of nitrogens with zero attached hydrogens (tertiary/aromatic N) is 5. The lowest BCUT2D eigenvalue weighted by molar-refractivity contribution is -0.123. The number of halogens is 1. The van der Waals surface area contributed by atoms with Crippen molar-refractivity contribution in [3.8, 4) is 11.4 Å².